The number of aliphatic hydroxyl groups is 1. The molecule has 0 saturated carbocycles. The molecule has 2 nitrogen and oxygen atoms in total. The lowest BCUT2D eigenvalue weighted by Gasteiger charge is -2.28. The summed E-state index contributed by atoms with van der Waals surface area (Å²) in [6, 6.07) is 0. The predicted molar refractivity (Wildman–Crippen MR) is 45.4 cm³/mol. The SMILES string of the molecule is CC(=O)C(C)(C)CC(C)(C)O. The van der Waals surface area contributed by atoms with Crippen LogP contribution in [0.5, 0.6) is 0 Å². The van der Waals surface area contributed by atoms with Gasteiger partial charge >= 0.3 is 0 Å². The molecule has 0 atom stereocenters. The molecule has 0 bridgehead atoms. The number of hydrogen-bond acceptors (Lipinski definition) is 2. The molecule has 0 aliphatic heterocycles. The average Bonchev–Trinajstić information content (AvgIpc) is 1.56. The third-order valence-corrected chi connectivity index (χ3v) is 1.83. The van der Waals surface area contributed by atoms with Gasteiger partial charge in [-0.2, -0.15) is 0 Å². The van der Waals surface area contributed by atoms with Crippen molar-refractivity contribution in [3.05, 3.63) is 0 Å². The topological polar surface area (TPSA) is 37.3 Å². The molecule has 66 valence electrons. The Morgan fingerprint density at radius 3 is 1.73 bits per heavy atom. The second kappa shape index (κ2) is 2.94. The molecule has 0 unspecified atom stereocenters. The zero-order valence-electron chi connectivity index (χ0n) is 8.06. The van der Waals surface area contributed by atoms with Crippen molar-refractivity contribution in [1.29, 1.82) is 0 Å². The van der Waals surface area contributed by atoms with Crippen molar-refractivity contribution >= 4 is 5.78 Å². The maximum Gasteiger partial charge on any atom is 0.135 e. The van der Waals surface area contributed by atoms with Crippen LogP contribution in [0.3, 0.4) is 0 Å². The molecule has 0 aliphatic rings. The fourth-order valence-electron chi connectivity index (χ4n) is 1.21. The minimum Gasteiger partial charge on any atom is -0.390 e. The summed E-state index contributed by atoms with van der Waals surface area (Å²) in [5.74, 6) is 0.125. The first-order chi connectivity index (χ1) is 4.65. The van der Waals surface area contributed by atoms with Gasteiger partial charge < -0.3 is 5.11 Å². The first-order valence-electron chi connectivity index (χ1n) is 3.88. The van der Waals surface area contributed by atoms with Crippen LogP contribution in [0.15, 0.2) is 0 Å². The van der Waals surface area contributed by atoms with Gasteiger partial charge in [0.25, 0.3) is 0 Å². The second-order valence-electron chi connectivity index (χ2n) is 4.43. The molecular formula is C9H18O2. The Hall–Kier alpha value is -0.370. The first kappa shape index (κ1) is 10.6. The van der Waals surface area contributed by atoms with Crippen LogP contribution >= 0.6 is 0 Å². The second-order valence-corrected chi connectivity index (χ2v) is 4.43. The Balaban J connectivity index is 4.25. The summed E-state index contributed by atoms with van der Waals surface area (Å²) < 4.78 is 0. The van der Waals surface area contributed by atoms with Crippen LogP contribution in [0.25, 0.3) is 0 Å². The molecule has 0 heterocycles. The van der Waals surface area contributed by atoms with E-state index in [0.29, 0.717) is 6.42 Å². The molecule has 0 radical (unpaired) electrons. The number of carbonyl (C=O) groups excluding carboxylic acids is 1. The molecule has 0 aromatic rings. The van der Waals surface area contributed by atoms with E-state index in [2.05, 4.69) is 0 Å². The standard InChI is InChI=1S/C9H18O2/c1-7(10)8(2,3)6-9(4,5)11/h11H,6H2,1-5H3. The van der Waals surface area contributed by atoms with Gasteiger partial charge in [-0.1, -0.05) is 13.8 Å². The molecule has 1 N–H and O–H groups in total. The van der Waals surface area contributed by atoms with E-state index in [9.17, 15) is 9.90 Å². The van der Waals surface area contributed by atoms with E-state index in [0.717, 1.165) is 0 Å². The first-order valence-corrected chi connectivity index (χ1v) is 3.88. The molecule has 0 saturated heterocycles. The molecule has 2 heteroatoms. The minimum atomic E-state index is -0.755. The van der Waals surface area contributed by atoms with Gasteiger partial charge in [-0.05, 0) is 27.2 Å². The monoisotopic (exact) mass is 158 g/mol. The number of ketones is 1. The zero-order chi connectivity index (χ0) is 9.28. The van der Waals surface area contributed by atoms with Crippen LogP contribution in [0.2, 0.25) is 0 Å². The number of hydrogen-bond donors (Lipinski definition) is 1. The molecule has 0 aromatic heterocycles. The van der Waals surface area contributed by atoms with E-state index in [1.54, 1.807) is 20.8 Å². The summed E-state index contributed by atoms with van der Waals surface area (Å²) in [5, 5.41) is 9.45. The van der Waals surface area contributed by atoms with Crippen LogP contribution in [0, 0.1) is 5.41 Å². The van der Waals surface area contributed by atoms with Crippen LogP contribution < -0.4 is 0 Å². The van der Waals surface area contributed by atoms with E-state index in [4.69, 9.17) is 0 Å². The van der Waals surface area contributed by atoms with E-state index >= 15 is 0 Å². The van der Waals surface area contributed by atoms with Crippen molar-refractivity contribution in [2.24, 2.45) is 5.41 Å². The molecule has 11 heavy (non-hydrogen) atoms. The highest BCUT2D eigenvalue weighted by Crippen LogP contribution is 2.28. The highest BCUT2D eigenvalue weighted by molar-refractivity contribution is 5.81. The van der Waals surface area contributed by atoms with Gasteiger partial charge in [-0.25, -0.2) is 0 Å². The number of rotatable bonds is 3. The smallest absolute Gasteiger partial charge is 0.135 e. The summed E-state index contributed by atoms with van der Waals surface area (Å²) in [4.78, 5) is 11.0. The third-order valence-electron chi connectivity index (χ3n) is 1.83. The Morgan fingerprint density at radius 2 is 1.64 bits per heavy atom. The Morgan fingerprint density at radius 1 is 1.27 bits per heavy atom. The fourth-order valence-corrected chi connectivity index (χ4v) is 1.21. The molecule has 0 fully saturated rings. The lowest BCUT2D eigenvalue weighted by molar-refractivity contribution is -0.127. The van der Waals surface area contributed by atoms with Crippen molar-refractivity contribution in [1.82, 2.24) is 0 Å². The molecule has 0 rings (SSSR count). The normalized spacial score (nSPS) is 13.3. The maximum absolute atomic E-state index is 11.0. The fraction of sp³-hybridized carbons (Fsp3) is 0.889. The van der Waals surface area contributed by atoms with Crippen LogP contribution in [0.4, 0.5) is 0 Å². The van der Waals surface area contributed by atoms with Crippen molar-refractivity contribution in [3.63, 3.8) is 0 Å². The van der Waals surface area contributed by atoms with E-state index in [1.807, 2.05) is 13.8 Å². The van der Waals surface area contributed by atoms with Gasteiger partial charge in [0.1, 0.15) is 5.78 Å². The molecule has 0 aromatic carbocycles. The lowest BCUT2D eigenvalue weighted by Crippen LogP contribution is -2.32. The largest absolute Gasteiger partial charge is 0.390 e. The van der Waals surface area contributed by atoms with Gasteiger partial charge in [0, 0.05) is 5.41 Å². The Labute approximate surface area is 68.6 Å². The Kier molecular flexibility index (Phi) is 2.84. The van der Waals surface area contributed by atoms with Gasteiger partial charge in [-0.3, -0.25) is 4.79 Å². The average molecular weight is 158 g/mol. The summed E-state index contributed by atoms with van der Waals surface area (Å²) in [6.07, 6.45) is 0.509. The predicted octanol–water partition coefficient (Wildman–Crippen LogP) is 1.76. The highest BCUT2D eigenvalue weighted by Gasteiger charge is 2.30. The van der Waals surface area contributed by atoms with Crippen LogP contribution in [-0.4, -0.2) is 16.5 Å². The van der Waals surface area contributed by atoms with Crippen molar-refractivity contribution in [2.75, 3.05) is 0 Å². The van der Waals surface area contributed by atoms with Crippen molar-refractivity contribution in [3.8, 4) is 0 Å². The molecule has 0 spiro atoms. The van der Waals surface area contributed by atoms with Gasteiger partial charge in [-0.15, -0.1) is 0 Å². The summed E-state index contributed by atoms with van der Waals surface area (Å²) in [6.45, 7) is 8.71. The van der Waals surface area contributed by atoms with Crippen molar-refractivity contribution < 1.29 is 9.90 Å². The third kappa shape index (κ3) is 4.14. The van der Waals surface area contributed by atoms with Gasteiger partial charge in [0.05, 0.1) is 5.60 Å². The van der Waals surface area contributed by atoms with Gasteiger partial charge in [0.15, 0.2) is 0 Å². The lowest BCUT2D eigenvalue weighted by atomic mass is 9.79. The summed E-state index contributed by atoms with van der Waals surface area (Å²) in [7, 11) is 0. The molecule has 0 amide bonds. The number of carbonyl (C=O) groups is 1. The molecule has 0 aliphatic carbocycles. The van der Waals surface area contributed by atoms with Crippen LogP contribution in [-0.2, 0) is 4.79 Å². The highest BCUT2D eigenvalue weighted by atomic mass is 16.3. The Bertz CT molecular complexity index is 151. The van der Waals surface area contributed by atoms with Crippen molar-refractivity contribution in [2.45, 2.75) is 46.6 Å². The maximum atomic E-state index is 11.0. The van der Waals surface area contributed by atoms with Crippen LogP contribution in [0.1, 0.15) is 41.0 Å². The van der Waals surface area contributed by atoms with E-state index < -0.39 is 11.0 Å². The van der Waals surface area contributed by atoms with E-state index in [1.165, 1.54) is 0 Å². The summed E-state index contributed by atoms with van der Waals surface area (Å²) >= 11 is 0. The quantitative estimate of drug-likeness (QED) is 0.679. The molecular weight excluding hydrogens is 140 g/mol. The zero-order valence-corrected chi connectivity index (χ0v) is 8.06. The number of Topliss-reactive ketones (excluding diaryl/α,β-unsaturated/α-hetero) is 1. The van der Waals surface area contributed by atoms with Gasteiger partial charge in [0.2, 0.25) is 0 Å². The summed E-state index contributed by atoms with van der Waals surface area (Å²) in [5.41, 5.74) is -1.16. The van der Waals surface area contributed by atoms with E-state index in [-0.39, 0.29) is 5.78 Å². The minimum absolute atomic E-state index is 0.125.